The van der Waals surface area contributed by atoms with Gasteiger partial charge in [-0.05, 0) is 31.4 Å². The third-order valence-electron chi connectivity index (χ3n) is 3.34. The van der Waals surface area contributed by atoms with Crippen molar-refractivity contribution in [1.29, 1.82) is 0 Å². The van der Waals surface area contributed by atoms with Crippen LogP contribution in [0.25, 0.3) is 26.7 Å². The van der Waals surface area contributed by atoms with Gasteiger partial charge in [0.05, 0.1) is 16.3 Å². The maximum Gasteiger partial charge on any atom is 0.276 e. The molecule has 0 saturated heterocycles. The zero-order valence-electron chi connectivity index (χ0n) is 12.0. The Morgan fingerprint density at radius 3 is 2.73 bits per heavy atom. The summed E-state index contributed by atoms with van der Waals surface area (Å²) in [6.45, 7) is 2.01. The molecule has 7 heteroatoms. The number of thiophene rings is 1. The SMILES string of the molecule is CSc1nnc(-c2cc3c(C)nn(-c4ccccc4)c3s2)o1. The zero-order valence-corrected chi connectivity index (χ0v) is 13.6. The minimum Gasteiger partial charge on any atom is -0.410 e. The van der Waals surface area contributed by atoms with Crippen LogP contribution in [0.4, 0.5) is 0 Å². The van der Waals surface area contributed by atoms with Gasteiger partial charge in [-0.2, -0.15) is 5.10 Å². The highest BCUT2D eigenvalue weighted by Gasteiger charge is 2.17. The van der Waals surface area contributed by atoms with Crippen LogP contribution < -0.4 is 0 Å². The third-order valence-corrected chi connectivity index (χ3v) is 4.95. The molecule has 0 bridgehead atoms. The summed E-state index contributed by atoms with van der Waals surface area (Å²) in [6, 6.07) is 12.2. The second kappa shape index (κ2) is 5.26. The first-order chi connectivity index (χ1) is 10.8. The Kier molecular flexibility index (Phi) is 3.24. The lowest BCUT2D eigenvalue weighted by atomic mass is 10.3. The molecule has 0 spiro atoms. The van der Waals surface area contributed by atoms with Gasteiger partial charge in [-0.15, -0.1) is 21.5 Å². The molecule has 0 unspecified atom stereocenters. The Morgan fingerprint density at radius 1 is 1.18 bits per heavy atom. The van der Waals surface area contributed by atoms with E-state index in [4.69, 9.17) is 4.42 Å². The molecule has 110 valence electrons. The third kappa shape index (κ3) is 2.13. The number of fused-ring (bicyclic) bond motifs is 1. The maximum atomic E-state index is 5.62. The largest absolute Gasteiger partial charge is 0.410 e. The monoisotopic (exact) mass is 328 g/mol. The summed E-state index contributed by atoms with van der Waals surface area (Å²) < 4.78 is 7.59. The number of hydrogen-bond donors (Lipinski definition) is 0. The average Bonchev–Trinajstić information content (AvgIpc) is 3.24. The Morgan fingerprint density at radius 2 is 2.00 bits per heavy atom. The predicted molar refractivity (Wildman–Crippen MR) is 88.8 cm³/mol. The Balaban J connectivity index is 1.87. The number of aromatic nitrogens is 4. The van der Waals surface area contributed by atoms with Gasteiger partial charge in [-0.1, -0.05) is 30.0 Å². The van der Waals surface area contributed by atoms with Gasteiger partial charge in [-0.25, -0.2) is 4.68 Å². The van der Waals surface area contributed by atoms with E-state index in [1.54, 1.807) is 11.3 Å². The lowest BCUT2D eigenvalue weighted by molar-refractivity contribution is 0.467. The van der Waals surface area contributed by atoms with Crippen LogP contribution in [-0.2, 0) is 0 Å². The van der Waals surface area contributed by atoms with Crippen LogP contribution in [-0.4, -0.2) is 26.2 Å². The predicted octanol–water partition coefficient (Wildman–Crippen LogP) is 4.17. The Bertz CT molecular complexity index is 939. The molecule has 0 atom stereocenters. The molecule has 0 fully saturated rings. The van der Waals surface area contributed by atoms with E-state index in [0.29, 0.717) is 11.1 Å². The van der Waals surface area contributed by atoms with E-state index in [1.807, 2.05) is 48.2 Å². The van der Waals surface area contributed by atoms with Gasteiger partial charge in [0.25, 0.3) is 11.1 Å². The smallest absolute Gasteiger partial charge is 0.276 e. The van der Waals surface area contributed by atoms with E-state index >= 15 is 0 Å². The van der Waals surface area contributed by atoms with Crippen LogP contribution in [0, 0.1) is 6.92 Å². The molecule has 22 heavy (non-hydrogen) atoms. The molecule has 3 heterocycles. The van der Waals surface area contributed by atoms with Crippen molar-refractivity contribution in [3.8, 4) is 16.5 Å². The lowest BCUT2D eigenvalue weighted by Crippen LogP contribution is -1.94. The second-order valence-electron chi connectivity index (χ2n) is 4.74. The molecule has 0 amide bonds. The fourth-order valence-corrected chi connectivity index (χ4v) is 3.68. The summed E-state index contributed by atoms with van der Waals surface area (Å²) in [6.07, 6.45) is 1.92. The summed E-state index contributed by atoms with van der Waals surface area (Å²) in [5, 5.41) is 14.4. The van der Waals surface area contributed by atoms with E-state index < -0.39 is 0 Å². The van der Waals surface area contributed by atoms with Gasteiger partial charge in [0.15, 0.2) is 0 Å². The van der Waals surface area contributed by atoms with E-state index in [1.165, 1.54) is 11.8 Å². The van der Waals surface area contributed by atoms with Crippen LogP contribution in [0.15, 0.2) is 46.0 Å². The highest BCUT2D eigenvalue weighted by Crippen LogP contribution is 2.36. The topological polar surface area (TPSA) is 56.7 Å². The summed E-state index contributed by atoms with van der Waals surface area (Å²) in [5.74, 6) is 0.560. The minimum atomic E-state index is 0.560. The fourth-order valence-electron chi connectivity index (χ4n) is 2.29. The number of nitrogens with zero attached hydrogens (tertiary/aromatic N) is 4. The number of hydrogen-bond acceptors (Lipinski definition) is 6. The van der Waals surface area contributed by atoms with Crippen LogP contribution in [0.2, 0.25) is 0 Å². The minimum absolute atomic E-state index is 0.560. The van der Waals surface area contributed by atoms with Crippen molar-refractivity contribution >= 4 is 33.3 Å². The average molecular weight is 328 g/mol. The molecular weight excluding hydrogens is 316 g/mol. The van der Waals surface area contributed by atoms with Crippen LogP contribution in [0.1, 0.15) is 5.69 Å². The van der Waals surface area contributed by atoms with Crippen molar-refractivity contribution in [2.75, 3.05) is 6.26 Å². The van der Waals surface area contributed by atoms with Gasteiger partial charge in [0.2, 0.25) is 0 Å². The van der Waals surface area contributed by atoms with Crippen molar-refractivity contribution in [2.24, 2.45) is 0 Å². The number of rotatable bonds is 3. The highest BCUT2D eigenvalue weighted by molar-refractivity contribution is 7.98. The molecule has 5 nitrogen and oxygen atoms in total. The van der Waals surface area contributed by atoms with Gasteiger partial charge < -0.3 is 4.42 Å². The summed E-state index contributed by atoms with van der Waals surface area (Å²) in [4.78, 5) is 2.05. The van der Waals surface area contributed by atoms with Crippen molar-refractivity contribution < 1.29 is 4.42 Å². The zero-order chi connectivity index (χ0) is 15.1. The molecule has 0 saturated carbocycles. The molecule has 4 rings (SSSR count). The number of aryl methyl sites for hydroxylation is 1. The molecule has 1 aromatic carbocycles. The molecule has 0 N–H and O–H groups in total. The van der Waals surface area contributed by atoms with Crippen LogP contribution >= 0.6 is 23.1 Å². The van der Waals surface area contributed by atoms with Gasteiger partial charge in [-0.3, -0.25) is 0 Å². The van der Waals surface area contributed by atoms with Gasteiger partial charge in [0.1, 0.15) is 4.83 Å². The molecule has 4 aromatic rings. The summed E-state index contributed by atoms with van der Waals surface area (Å²) in [5.41, 5.74) is 2.04. The van der Waals surface area contributed by atoms with E-state index in [9.17, 15) is 0 Å². The standard InChI is InChI=1S/C15H12N4OS2/c1-9-11-8-12(13-16-17-15(20-13)21-2)22-14(11)19(18-9)10-6-4-3-5-7-10/h3-8H,1-2H3. The molecule has 0 radical (unpaired) electrons. The quantitative estimate of drug-likeness (QED) is 0.528. The Labute approximate surface area is 135 Å². The number of para-hydroxylation sites is 1. The molecule has 3 aromatic heterocycles. The van der Waals surface area contributed by atoms with Crippen molar-refractivity contribution in [1.82, 2.24) is 20.0 Å². The summed E-state index contributed by atoms with van der Waals surface area (Å²) >= 11 is 3.05. The lowest BCUT2D eigenvalue weighted by Gasteiger charge is -2.00. The van der Waals surface area contributed by atoms with E-state index in [0.717, 1.165) is 26.5 Å². The molecule has 0 aliphatic rings. The van der Waals surface area contributed by atoms with E-state index in [2.05, 4.69) is 21.4 Å². The first kappa shape index (κ1) is 13.5. The molecule has 0 aliphatic carbocycles. The number of thioether (sulfide) groups is 1. The fraction of sp³-hybridized carbons (Fsp3) is 0.133. The summed E-state index contributed by atoms with van der Waals surface area (Å²) in [7, 11) is 0. The van der Waals surface area contributed by atoms with Crippen LogP contribution in [0.3, 0.4) is 0 Å². The van der Waals surface area contributed by atoms with Crippen molar-refractivity contribution in [3.05, 3.63) is 42.1 Å². The maximum absolute atomic E-state index is 5.62. The first-order valence-electron chi connectivity index (χ1n) is 6.68. The second-order valence-corrected chi connectivity index (χ2v) is 6.53. The van der Waals surface area contributed by atoms with E-state index in [-0.39, 0.29) is 0 Å². The Hall–Kier alpha value is -2.12. The number of benzene rings is 1. The normalized spacial score (nSPS) is 11.4. The highest BCUT2D eigenvalue weighted by atomic mass is 32.2. The van der Waals surface area contributed by atoms with Crippen molar-refractivity contribution in [2.45, 2.75) is 12.1 Å². The molecular formula is C15H12N4OS2. The van der Waals surface area contributed by atoms with Crippen molar-refractivity contribution in [3.63, 3.8) is 0 Å². The van der Waals surface area contributed by atoms with Crippen LogP contribution in [0.5, 0.6) is 0 Å². The van der Waals surface area contributed by atoms with Gasteiger partial charge >= 0.3 is 0 Å². The molecule has 0 aliphatic heterocycles. The van der Waals surface area contributed by atoms with Gasteiger partial charge in [0, 0.05) is 5.39 Å². The first-order valence-corrected chi connectivity index (χ1v) is 8.73.